The van der Waals surface area contributed by atoms with Crippen LogP contribution < -0.4 is 0 Å². The van der Waals surface area contributed by atoms with Gasteiger partial charge in [0.05, 0.1) is 0 Å². The minimum Gasteiger partial charge on any atom is -0.0985 e. The Morgan fingerprint density at radius 3 is 2.00 bits per heavy atom. The van der Waals surface area contributed by atoms with Crippen LogP contribution in [0.2, 0.25) is 0 Å². The van der Waals surface area contributed by atoms with Gasteiger partial charge in [-0.2, -0.15) is 0 Å². The van der Waals surface area contributed by atoms with Gasteiger partial charge in [-0.3, -0.25) is 0 Å². The van der Waals surface area contributed by atoms with E-state index in [4.69, 9.17) is 0 Å². The standard InChI is InChI=1S/C10H14.C2H6/c1-4-7-9-10(6-3)8-5-2;1-2/h4-9H,3H2,1-2H3;1-2H3/b7-4-,8-5+,10-9+;. The first-order chi connectivity index (χ1) is 5.85. The third-order valence-electron chi connectivity index (χ3n) is 1.08. The molecule has 0 unspecified atom stereocenters. The van der Waals surface area contributed by atoms with Crippen molar-refractivity contribution in [2.24, 2.45) is 0 Å². The van der Waals surface area contributed by atoms with Crippen LogP contribution in [0.4, 0.5) is 0 Å². The van der Waals surface area contributed by atoms with Gasteiger partial charge in [0.15, 0.2) is 0 Å². The molecule has 0 radical (unpaired) electrons. The van der Waals surface area contributed by atoms with Gasteiger partial charge < -0.3 is 0 Å². The first-order valence-corrected chi connectivity index (χ1v) is 4.43. The van der Waals surface area contributed by atoms with Crippen molar-refractivity contribution >= 4 is 0 Å². The quantitative estimate of drug-likeness (QED) is 0.546. The zero-order chi connectivity index (χ0) is 9.82. The molecule has 0 rings (SSSR count). The topological polar surface area (TPSA) is 0 Å². The summed E-state index contributed by atoms with van der Waals surface area (Å²) in [4.78, 5) is 0. The highest BCUT2D eigenvalue weighted by Gasteiger charge is 1.77. The van der Waals surface area contributed by atoms with Crippen molar-refractivity contribution in [2.45, 2.75) is 27.7 Å². The summed E-state index contributed by atoms with van der Waals surface area (Å²) in [6.45, 7) is 11.7. The van der Waals surface area contributed by atoms with Crippen LogP contribution in [0.5, 0.6) is 0 Å². The van der Waals surface area contributed by atoms with Gasteiger partial charge in [-0.15, -0.1) is 0 Å². The summed E-state index contributed by atoms with van der Waals surface area (Å²) >= 11 is 0. The van der Waals surface area contributed by atoms with E-state index in [1.165, 1.54) is 0 Å². The molecule has 0 aromatic heterocycles. The fourth-order valence-electron chi connectivity index (χ4n) is 0.591. The first kappa shape index (κ1) is 13.5. The summed E-state index contributed by atoms with van der Waals surface area (Å²) in [5, 5.41) is 0. The highest BCUT2D eigenvalue weighted by Crippen LogP contribution is 1.97. The van der Waals surface area contributed by atoms with E-state index in [1.54, 1.807) is 0 Å². The van der Waals surface area contributed by atoms with Crippen molar-refractivity contribution in [3.8, 4) is 0 Å². The molecule has 0 bridgehead atoms. The molecule has 68 valence electrons. The third-order valence-corrected chi connectivity index (χ3v) is 1.08. The lowest BCUT2D eigenvalue weighted by atomic mass is 10.2. The van der Waals surface area contributed by atoms with Crippen molar-refractivity contribution in [1.29, 1.82) is 0 Å². The zero-order valence-corrected chi connectivity index (χ0v) is 8.67. The van der Waals surface area contributed by atoms with E-state index in [1.807, 2.05) is 64.2 Å². The molecule has 0 heteroatoms. The maximum atomic E-state index is 3.68. The average molecular weight is 164 g/mol. The van der Waals surface area contributed by atoms with E-state index in [9.17, 15) is 0 Å². The average Bonchev–Trinajstić information content (AvgIpc) is 2.15. The van der Waals surface area contributed by atoms with E-state index in [2.05, 4.69) is 6.58 Å². The lowest BCUT2D eigenvalue weighted by Gasteiger charge is -1.86. The number of allylic oxidation sites excluding steroid dienone is 7. The summed E-state index contributed by atoms with van der Waals surface area (Å²) in [7, 11) is 0. The Balaban J connectivity index is 0. The molecule has 0 heterocycles. The van der Waals surface area contributed by atoms with Crippen LogP contribution in [0, 0.1) is 0 Å². The summed E-state index contributed by atoms with van der Waals surface area (Å²) in [6, 6.07) is 0. The largest absolute Gasteiger partial charge is 0.0985 e. The third kappa shape index (κ3) is 8.96. The van der Waals surface area contributed by atoms with Gasteiger partial charge >= 0.3 is 0 Å². The molecule has 0 aromatic carbocycles. The maximum absolute atomic E-state index is 3.68. The van der Waals surface area contributed by atoms with E-state index in [0.717, 1.165) is 5.57 Å². The molecular weight excluding hydrogens is 144 g/mol. The second-order valence-corrected chi connectivity index (χ2v) is 1.90. The Morgan fingerprint density at radius 2 is 1.67 bits per heavy atom. The van der Waals surface area contributed by atoms with Gasteiger partial charge in [0, 0.05) is 0 Å². The number of hydrogen-bond donors (Lipinski definition) is 0. The Bertz CT molecular complexity index is 168. The van der Waals surface area contributed by atoms with Crippen LogP contribution in [0.1, 0.15) is 27.7 Å². The highest BCUT2D eigenvalue weighted by molar-refractivity contribution is 5.32. The molecule has 12 heavy (non-hydrogen) atoms. The van der Waals surface area contributed by atoms with Crippen molar-refractivity contribution in [3.63, 3.8) is 0 Å². The molecule has 0 saturated carbocycles. The van der Waals surface area contributed by atoms with E-state index < -0.39 is 0 Å². The molecule has 0 aliphatic rings. The Morgan fingerprint density at radius 1 is 1.08 bits per heavy atom. The number of rotatable bonds is 3. The molecule has 0 N–H and O–H groups in total. The lowest BCUT2D eigenvalue weighted by Crippen LogP contribution is -1.66. The van der Waals surface area contributed by atoms with Crippen LogP contribution in [0.25, 0.3) is 0 Å². The second-order valence-electron chi connectivity index (χ2n) is 1.90. The maximum Gasteiger partial charge on any atom is -0.0266 e. The molecule has 0 spiro atoms. The SMILES string of the molecule is C=CC(/C=C/C)=C\C=C/C.CC. The minimum atomic E-state index is 1.14. The molecule has 0 nitrogen and oxygen atoms in total. The Labute approximate surface area is 77.0 Å². The predicted octanol–water partition coefficient (Wildman–Crippen LogP) is 4.28. The fourth-order valence-corrected chi connectivity index (χ4v) is 0.591. The summed E-state index contributed by atoms with van der Waals surface area (Å²) in [6.07, 6.45) is 11.9. The number of hydrogen-bond acceptors (Lipinski definition) is 0. The molecule has 0 aliphatic carbocycles. The van der Waals surface area contributed by atoms with E-state index in [0.29, 0.717) is 0 Å². The minimum absolute atomic E-state index is 1.14. The van der Waals surface area contributed by atoms with Gasteiger partial charge in [-0.25, -0.2) is 0 Å². The van der Waals surface area contributed by atoms with Crippen molar-refractivity contribution in [3.05, 3.63) is 48.6 Å². The van der Waals surface area contributed by atoms with Gasteiger partial charge in [0.25, 0.3) is 0 Å². The van der Waals surface area contributed by atoms with Gasteiger partial charge in [-0.1, -0.05) is 56.9 Å². The molecule has 0 fully saturated rings. The summed E-state index contributed by atoms with van der Waals surface area (Å²) < 4.78 is 0. The van der Waals surface area contributed by atoms with Crippen molar-refractivity contribution in [1.82, 2.24) is 0 Å². The highest BCUT2D eigenvalue weighted by atomic mass is 13.8. The molecular formula is C12H20. The molecule has 0 saturated heterocycles. The molecule has 0 atom stereocenters. The van der Waals surface area contributed by atoms with Crippen LogP contribution in [-0.2, 0) is 0 Å². The summed E-state index contributed by atoms with van der Waals surface area (Å²) in [5.41, 5.74) is 1.14. The Hall–Kier alpha value is -1.04. The second kappa shape index (κ2) is 12.6. The van der Waals surface area contributed by atoms with Crippen LogP contribution >= 0.6 is 0 Å². The molecule has 0 aromatic rings. The Kier molecular flexibility index (Phi) is 14.2. The van der Waals surface area contributed by atoms with Crippen LogP contribution in [0.15, 0.2) is 48.6 Å². The van der Waals surface area contributed by atoms with Gasteiger partial charge in [-0.05, 0) is 19.4 Å². The molecule has 0 amide bonds. The summed E-state index contributed by atoms with van der Waals surface area (Å²) in [5.74, 6) is 0. The van der Waals surface area contributed by atoms with E-state index in [-0.39, 0.29) is 0 Å². The zero-order valence-electron chi connectivity index (χ0n) is 8.67. The smallest absolute Gasteiger partial charge is 0.0266 e. The van der Waals surface area contributed by atoms with Gasteiger partial charge in [0.1, 0.15) is 0 Å². The van der Waals surface area contributed by atoms with E-state index >= 15 is 0 Å². The fraction of sp³-hybridized carbons (Fsp3) is 0.333. The van der Waals surface area contributed by atoms with Crippen molar-refractivity contribution in [2.75, 3.05) is 0 Å². The monoisotopic (exact) mass is 164 g/mol. The van der Waals surface area contributed by atoms with Crippen LogP contribution in [0.3, 0.4) is 0 Å². The lowest BCUT2D eigenvalue weighted by molar-refractivity contribution is 1.50. The van der Waals surface area contributed by atoms with Crippen LogP contribution in [-0.4, -0.2) is 0 Å². The predicted molar refractivity (Wildman–Crippen MR) is 59.3 cm³/mol. The van der Waals surface area contributed by atoms with Gasteiger partial charge in [0.2, 0.25) is 0 Å². The first-order valence-electron chi connectivity index (χ1n) is 4.43. The van der Waals surface area contributed by atoms with Crippen molar-refractivity contribution < 1.29 is 0 Å². The molecule has 0 aliphatic heterocycles. The normalized spacial score (nSPS) is 11.5.